The molecule has 0 radical (unpaired) electrons. The van der Waals surface area contributed by atoms with Crippen molar-refractivity contribution in [2.45, 2.75) is 18.9 Å². The first-order valence-corrected chi connectivity index (χ1v) is 5.72. The lowest BCUT2D eigenvalue weighted by Crippen LogP contribution is -2.39. The molecular weight excluding hydrogens is 219 g/mol. The number of benzene rings is 1. The van der Waals surface area contributed by atoms with Gasteiger partial charge in [-0.25, -0.2) is 4.39 Å². The predicted octanol–water partition coefficient (Wildman–Crippen LogP) is 2.31. The second-order valence-corrected chi connectivity index (χ2v) is 4.22. The Hall–Kier alpha value is -1.60. The highest BCUT2D eigenvalue weighted by atomic mass is 19.1. The number of nitriles is 1. The average molecular weight is 234 g/mol. The van der Waals surface area contributed by atoms with E-state index in [1.165, 1.54) is 12.1 Å². The van der Waals surface area contributed by atoms with E-state index in [2.05, 4.69) is 4.90 Å². The molecule has 2 rings (SSSR count). The van der Waals surface area contributed by atoms with Crippen molar-refractivity contribution in [3.63, 3.8) is 0 Å². The van der Waals surface area contributed by atoms with Gasteiger partial charge in [0.1, 0.15) is 11.9 Å². The second-order valence-electron chi connectivity index (χ2n) is 4.22. The first-order chi connectivity index (χ1) is 8.24. The average Bonchev–Trinajstić information content (AvgIpc) is 2.38. The van der Waals surface area contributed by atoms with Gasteiger partial charge in [-0.2, -0.15) is 5.26 Å². The summed E-state index contributed by atoms with van der Waals surface area (Å²) in [5.74, 6) is -0.370. The van der Waals surface area contributed by atoms with Crippen molar-refractivity contribution in [3.8, 4) is 6.07 Å². The van der Waals surface area contributed by atoms with Gasteiger partial charge in [0, 0.05) is 20.2 Å². The predicted molar refractivity (Wildman–Crippen MR) is 63.4 cm³/mol. The van der Waals surface area contributed by atoms with Crippen LogP contribution in [0.3, 0.4) is 0 Å². The number of methoxy groups -OCH3 is 1. The molecule has 1 heterocycles. The Morgan fingerprint density at radius 1 is 1.53 bits per heavy atom. The van der Waals surface area contributed by atoms with Crippen molar-refractivity contribution in [1.82, 2.24) is 0 Å². The lowest BCUT2D eigenvalue weighted by atomic mass is 10.1. The van der Waals surface area contributed by atoms with E-state index in [-0.39, 0.29) is 11.9 Å². The third kappa shape index (κ3) is 2.56. The van der Waals surface area contributed by atoms with Crippen molar-refractivity contribution in [2.24, 2.45) is 0 Å². The zero-order valence-electron chi connectivity index (χ0n) is 9.82. The van der Waals surface area contributed by atoms with Crippen molar-refractivity contribution in [3.05, 3.63) is 29.6 Å². The van der Waals surface area contributed by atoms with Gasteiger partial charge in [-0.05, 0) is 31.0 Å². The molecule has 0 amide bonds. The van der Waals surface area contributed by atoms with Crippen molar-refractivity contribution in [1.29, 1.82) is 5.26 Å². The number of hydrogen-bond donors (Lipinski definition) is 0. The highest BCUT2D eigenvalue weighted by Gasteiger charge is 2.21. The summed E-state index contributed by atoms with van der Waals surface area (Å²) in [6, 6.07) is 6.40. The molecule has 90 valence electrons. The van der Waals surface area contributed by atoms with Crippen LogP contribution in [0.5, 0.6) is 0 Å². The van der Waals surface area contributed by atoms with E-state index >= 15 is 0 Å². The number of piperidine rings is 1. The van der Waals surface area contributed by atoms with Crippen LogP contribution in [0.15, 0.2) is 18.2 Å². The Bertz CT molecular complexity index is 442. The summed E-state index contributed by atoms with van der Waals surface area (Å²) in [4.78, 5) is 2.09. The van der Waals surface area contributed by atoms with Crippen LogP contribution in [0.1, 0.15) is 18.4 Å². The fourth-order valence-electron chi connectivity index (χ4n) is 2.22. The summed E-state index contributed by atoms with van der Waals surface area (Å²) < 4.78 is 18.4. The molecule has 0 saturated carbocycles. The zero-order chi connectivity index (χ0) is 12.3. The topological polar surface area (TPSA) is 36.3 Å². The molecule has 1 unspecified atom stereocenters. The molecule has 1 fully saturated rings. The van der Waals surface area contributed by atoms with Crippen molar-refractivity contribution in [2.75, 3.05) is 25.1 Å². The van der Waals surface area contributed by atoms with E-state index in [0.717, 1.165) is 31.6 Å². The van der Waals surface area contributed by atoms with Gasteiger partial charge in [0.15, 0.2) is 0 Å². The molecule has 1 atom stereocenters. The summed E-state index contributed by atoms with van der Waals surface area (Å²) >= 11 is 0. The van der Waals surface area contributed by atoms with Gasteiger partial charge in [0.25, 0.3) is 0 Å². The molecule has 17 heavy (non-hydrogen) atoms. The van der Waals surface area contributed by atoms with Gasteiger partial charge in [-0.3, -0.25) is 0 Å². The largest absolute Gasteiger partial charge is 0.380 e. The molecule has 0 N–H and O–H groups in total. The maximum absolute atomic E-state index is 13.0. The number of ether oxygens (including phenoxy) is 1. The third-order valence-electron chi connectivity index (χ3n) is 3.13. The van der Waals surface area contributed by atoms with Crippen LogP contribution in [0.2, 0.25) is 0 Å². The van der Waals surface area contributed by atoms with Gasteiger partial charge >= 0.3 is 0 Å². The van der Waals surface area contributed by atoms with Crippen LogP contribution in [-0.2, 0) is 4.74 Å². The molecule has 4 heteroatoms. The number of nitrogens with zero attached hydrogens (tertiary/aromatic N) is 2. The summed E-state index contributed by atoms with van der Waals surface area (Å²) in [5, 5.41) is 9.02. The Balaban J connectivity index is 2.24. The minimum absolute atomic E-state index is 0.195. The normalized spacial score (nSPS) is 20.1. The Morgan fingerprint density at radius 2 is 2.35 bits per heavy atom. The molecular formula is C13H15FN2O. The Morgan fingerprint density at radius 3 is 3.06 bits per heavy atom. The Kier molecular flexibility index (Phi) is 3.60. The first-order valence-electron chi connectivity index (χ1n) is 5.72. The molecule has 0 spiro atoms. The summed E-state index contributed by atoms with van der Waals surface area (Å²) in [6.45, 7) is 1.65. The minimum atomic E-state index is -0.370. The molecule has 1 aliphatic heterocycles. The number of hydrogen-bond acceptors (Lipinski definition) is 3. The van der Waals surface area contributed by atoms with Gasteiger partial charge < -0.3 is 9.64 Å². The summed E-state index contributed by atoms with van der Waals surface area (Å²) in [5.41, 5.74) is 1.19. The van der Waals surface area contributed by atoms with Gasteiger partial charge in [0.2, 0.25) is 0 Å². The molecule has 1 aromatic rings. The van der Waals surface area contributed by atoms with E-state index in [1.807, 2.05) is 6.07 Å². The van der Waals surface area contributed by atoms with Gasteiger partial charge in [-0.1, -0.05) is 0 Å². The molecule has 0 aromatic heterocycles. The maximum atomic E-state index is 13.0. The fraction of sp³-hybridized carbons (Fsp3) is 0.462. The van der Waals surface area contributed by atoms with Crippen LogP contribution in [-0.4, -0.2) is 26.3 Å². The quantitative estimate of drug-likeness (QED) is 0.787. The lowest BCUT2D eigenvalue weighted by Gasteiger charge is -2.34. The highest BCUT2D eigenvalue weighted by molar-refractivity contribution is 5.59. The smallest absolute Gasteiger partial charge is 0.124 e. The molecule has 0 bridgehead atoms. The highest BCUT2D eigenvalue weighted by Crippen LogP contribution is 2.25. The number of halogens is 1. The monoisotopic (exact) mass is 234 g/mol. The Labute approximate surface area is 100 Å². The summed E-state index contributed by atoms with van der Waals surface area (Å²) in [6.07, 6.45) is 2.26. The zero-order valence-corrected chi connectivity index (χ0v) is 9.82. The number of anilines is 1. The van der Waals surface area contributed by atoms with E-state index in [0.29, 0.717) is 5.56 Å². The lowest BCUT2D eigenvalue weighted by molar-refractivity contribution is 0.0893. The van der Waals surface area contributed by atoms with Crippen LogP contribution >= 0.6 is 0 Å². The van der Waals surface area contributed by atoms with E-state index in [9.17, 15) is 4.39 Å². The molecule has 1 saturated heterocycles. The van der Waals surface area contributed by atoms with Crippen molar-refractivity contribution >= 4 is 5.69 Å². The van der Waals surface area contributed by atoms with E-state index in [1.54, 1.807) is 13.2 Å². The van der Waals surface area contributed by atoms with Crippen LogP contribution in [0, 0.1) is 17.1 Å². The van der Waals surface area contributed by atoms with Gasteiger partial charge in [0.05, 0.1) is 17.4 Å². The van der Waals surface area contributed by atoms with E-state index < -0.39 is 0 Å². The van der Waals surface area contributed by atoms with Crippen LogP contribution in [0.4, 0.5) is 10.1 Å². The second kappa shape index (κ2) is 5.15. The minimum Gasteiger partial charge on any atom is -0.380 e. The van der Waals surface area contributed by atoms with Crippen LogP contribution in [0.25, 0.3) is 0 Å². The third-order valence-corrected chi connectivity index (χ3v) is 3.13. The molecule has 0 aliphatic carbocycles. The van der Waals surface area contributed by atoms with Crippen LogP contribution < -0.4 is 4.90 Å². The van der Waals surface area contributed by atoms with Crippen molar-refractivity contribution < 1.29 is 9.13 Å². The SMILES string of the molecule is COC1CCCN(c2ccc(F)cc2C#N)C1. The first kappa shape index (κ1) is 11.9. The fourth-order valence-corrected chi connectivity index (χ4v) is 2.22. The standard InChI is InChI=1S/C13H15FN2O/c1-17-12-3-2-6-16(9-12)13-5-4-11(14)7-10(13)8-15/h4-5,7,12H,2-3,6,9H2,1H3. The van der Waals surface area contributed by atoms with Gasteiger partial charge in [-0.15, -0.1) is 0 Å². The summed E-state index contributed by atoms with van der Waals surface area (Å²) in [7, 11) is 1.70. The van der Waals surface area contributed by atoms with E-state index in [4.69, 9.17) is 10.00 Å². The number of rotatable bonds is 2. The molecule has 3 nitrogen and oxygen atoms in total. The molecule has 1 aromatic carbocycles. The molecule has 1 aliphatic rings. The maximum Gasteiger partial charge on any atom is 0.124 e.